The Bertz CT molecular complexity index is 506. The van der Waals surface area contributed by atoms with E-state index in [4.69, 9.17) is 0 Å². The molecule has 0 radical (unpaired) electrons. The molecule has 1 aromatic rings. The minimum absolute atomic E-state index is 0.0456. The van der Waals surface area contributed by atoms with Gasteiger partial charge in [0.25, 0.3) is 11.8 Å². The Labute approximate surface area is 125 Å². The Kier molecular flexibility index (Phi) is 5.31. The Hall–Kier alpha value is -1.91. The zero-order valence-electron chi connectivity index (χ0n) is 12.8. The fourth-order valence-corrected chi connectivity index (χ4v) is 2.45. The number of rotatable bonds is 3. The average Bonchev–Trinajstić information content (AvgIpc) is 2.75. The monoisotopic (exact) mass is 289 g/mol. The Morgan fingerprint density at radius 2 is 1.71 bits per heavy atom. The molecule has 1 N–H and O–H groups in total. The van der Waals surface area contributed by atoms with E-state index in [2.05, 4.69) is 10.3 Å². The highest BCUT2D eigenvalue weighted by Crippen LogP contribution is 2.12. The van der Waals surface area contributed by atoms with Crippen molar-refractivity contribution in [3.05, 3.63) is 29.6 Å². The summed E-state index contributed by atoms with van der Waals surface area (Å²) in [7, 11) is 0. The standard InChI is InChI=1S/C16H23N3O2/c1-12(2)17-15(20)13-8-7-9-14(18-13)16(21)19-10-5-3-4-6-11-19/h7-9,12H,3-6,10-11H2,1-2H3,(H,17,20). The van der Waals surface area contributed by atoms with E-state index in [0.29, 0.717) is 11.4 Å². The summed E-state index contributed by atoms with van der Waals surface area (Å²) in [5, 5.41) is 2.79. The maximum Gasteiger partial charge on any atom is 0.272 e. The minimum Gasteiger partial charge on any atom is -0.349 e. The molecule has 1 saturated heterocycles. The van der Waals surface area contributed by atoms with E-state index in [9.17, 15) is 9.59 Å². The molecule has 2 amide bonds. The largest absolute Gasteiger partial charge is 0.349 e. The van der Waals surface area contributed by atoms with Crippen molar-refractivity contribution in [1.29, 1.82) is 0 Å². The highest BCUT2D eigenvalue weighted by atomic mass is 16.2. The number of pyridine rings is 1. The first-order valence-electron chi connectivity index (χ1n) is 7.65. The van der Waals surface area contributed by atoms with E-state index in [1.54, 1.807) is 18.2 Å². The van der Waals surface area contributed by atoms with Gasteiger partial charge in [-0.25, -0.2) is 4.98 Å². The van der Waals surface area contributed by atoms with Crippen LogP contribution in [0.15, 0.2) is 18.2 Å². The van der Waals surface area contributed by atoms with Gasteiger partial charge >= 0.3 is 0 Å². The second-order valence-corrected chi connectivity index (χ2v) is 5.74. The summed E-state index contributed by atoms with van der Waals surface area (Å²) in [6.45, 7) is 5.35. The van der Waals surface area contributed by atoms with Crippen LogP contribution in [-0.2, 0) is 0 Å². The van der Waals surface area contributed by atoms with Crippen molar-refractivity contribution >= 4 is 11.8 Å². The van der Waals surface area contributed by atoms with Crippen molar-refractivity contribution in [3.63, 3.8) is 0 Å². The van der Waals surface area contributed by atoms with Crippen molar-refractivity contribution in [2.75, 3.05) is 13.1 Å². The zero-order valence-corrected chi connectivity index (χ0v) is 12.8. The fourth-order valence-electron chi connectivity index (χ4n) is 2.45. The van der Waals surface area contributed by atoms with Crippen LogP contribution in [0.25, 0.3) is 0 Å². The molecule has 1 fully saturated rings. The number of carbonyl (C=O) groups is 2. The first kappa shape index (κ1) is 15.5. The summed E-state index contributed by atoms with van der Waals surface area (Å²) in [5.74, 6) is -0.313. The molecule has 1 aromatic heterocycles. The van der Waals surface area contributed by atoms with Crippen molar-refractivity contribution in [3.8, 4) is 0 Å². The second-order valence-electron chi connectivity index (χ2n) is 5.74. The number of aromatic nitrogens is 1. The van der Waals surface area contributed by atoms with Gasteiger partial charge in [0.2, 0.25) is 0 Å². The van der Waals surface area contributed by atoms with Crippen LogP contribution in [0.3, 0.4) is 0 Å². The predicted octanol–water partition coefficient (Wildman–Crippen LogP) is 2.24. The lowest BCUT2D eigenvalue weighted by molar-refractivity contribution is 0.0755. The number of nitrogens with one attached hydrogen (secondary N) is 1. The topological polar surface area (TPSA) is 62.3 Å². The second kappa shape index (κ2) is 7.20. The van der Waals surface area contributed by atoms with Gasteiger partial charge in [0, 0.05) is 19.1 Å². The zero-order chi connectivity index (χ0) is 15.2. The van der Waals surface area contributed by atoms with Gasteiger partial charge in [0.15, 0.2) is 0 Å². The van der Waals surface area contributed by atoms with Crippen LogP contribution in [0.2, 0.25) is 0 Å². The molecule has 0 aliphatic carbocycles. The number of nitrogens with zero attached hydrogens (tertiary/aromatic N) is 2. The lowest BCUT2D eigenvalue weighted by Crippen LogP contribution is -2.34. The number of carbonyl (C=O) groups excluding carboxylic acids is 2. The van der Waals surface area contributed by atoms with Crippen molar-refractivity contribution < 1.29 is 9.59 Å². The molecule has 0 atom stereocenters. The van der Waals surface area contributed by atoms with E-state index in [0.717, 1.165) is 25.9 Å². The molecular weight excluding hydrogens is 266 g/mol. The van der Waals surface area contributed by atoms with E-state index in [1.165, 1.54) is 12.8 Å². The molecule has 2 heterocycles. The van der Waals surface area contributed by atoms with Gasteiger partial charge in [-0.3, -0.25) is 9.59 Å². The summed E-state index contributed by atoms with van der Waals surface area (Å²) in [6, 6.07) is 5.08. The Morgan fingerprint density at radius 3 is 2.33 bits per heavy atom. The van der Waals surface area contributed by atoms with Crippen molar-refractivity contribution in [2.45, 2.75) is 45.6 Å². The van der Waals surface area contributed by atoms with Crippen LogP contribution < -0.4 is 5.32 Å². The van der Waals surface area contributed by atoms with Crippen LogP contribution in [0.4, 0.5) is 0 Å². The molecular formula is C16H23N3O2. The molecule has 0 spiro atoms. The lowest BCUT2D eigenvalue weighted by Gasteiger charge is -2.20. The van der Waals surface area contributed by atoms with Crippen LogP contribution in [0.5, 0.6) is 0 Å². The number of hydrogen-bond donors (Lipinski definition) is 1. The van der Waals surface area contributed by atoms with Crippen LogP contribution in [0, 0.1) is 0 Å². The van der Waals surface area contributed by atoms with E-state index >= 15 is 0 Å². The van der Waals surface area contributed by atoms with Gasteiger partial charge in [-0.1, -0.05) is 18.9 Å². The maximum atomic E-state index is 12.5. The molecule has 114 valence electrons. The number of amides is 2. The van der Waals surface area contributed by atoms with Crippen LogP contribution in [0.1, 0.15) is 60.5 Å². The van der Waals surface area contributed by atoms with Gasteiger partial charge in [0.1, 0.15) is 11.4 Å². The van der Waals surface area contributed by atoms with Crippen molar-refractivity contribution in [1.82, 2.24) is 15.2 Å². The maximum absolute atomic E-state index is 12.5. The number of hydrogen-bond acceptors (Lipinski definition) is 3. The molecule has 21 heavy (non-hydrogen) atoms. The highest BCUT2D eigenvalue weighted by Gasteiger charge is 2.19. The molecule has 1 aliphatic heterocycles. The molecule has 2 rings (SSSR count). The summed E-state index contributed by atoms with van der Waals surface area (Å²) in [4.78, 5) is 30.5. The van der Waals surface area contributed by atoms with Crippen molar-refractivity contribution in [2.24, 2.45) is 0 Å². The van der Waals surface area contributed by atoms with E-state index in [-0.39, 0.29) is 17.9 Å². The highest BCUT2D eigenvalue weighted by molar-refractivity contribution is 5.96. The quantitative estimate of drug-likeness (QED) is 0.928. The fraction of sp³-hybridized carbons (Fsp3) is 0.562. The van der Waals surface area contributed by atoms with E-state index in [1.807, 2.05) is 18.7 Å². The van der Waals surface area contributed by atoms with Crippen LogP contribution in [-0.4, -0.2) is 40.8 Å². The van der Waals surface area contributed by atoms with Crippen LogP contribution >= 0.6 is 0 Å². The van der Waals surface area contributed by atoms with Gasteiger partial charge in [-0.05, 0) is 38.8 Å². The summed E-state index contributed by atoms with van der Waals surface area (Å²) >= 11 is 0. The summed E-state index contributed by atoms with van der Waals surface area (Å²) in [6.07, 6.45) is 4.43. The third-order valence-corrected chi connectivity index (χ3v) is 3.51. The van der Waals surface area contributed by atoms with Gasteiger partial charge in [0.05, 0.1) is 0 Å². The molecule has 5 heteroatoms. The molecule has 0 aromatic carbocycles. The Morgan fingerprint density at radius 1 is 1.10 bits per heavy atom. The number of likely N-dealkylation sites (tertiary alicyclic amines) is 1. The third kappa shape index (κ3) is 4.28. The molecule has 0 unspecified atom stereocenters. The molecule has 1 aliphatic rings. The Balaban J connectivity index is 2.12. The first-order chi connectivity index (χ1) is 10.1. The smallest absolute Gasteiger partial charge is 0.272 e. The lowest BCUT2D eigenvalue weighted by atomic mass is 10.2. The van der Waals surface area contributed by atoms with Gasteiger partial charge < -0.3 is 10.2 Å². The third-order valence-electron chi connectivity index (χ3n) is 3.51. The normalized spacial score (nSPS) is 15.7. The van der Waals surface area contributed by atoms with Gasteiger partial charge in [-0.2, -0.15) is 0 Å². The first-order valence-corrected chi connectivity index (χ1v) is 7.65. The summed E-state index contributed by atoms with van der Waals surface area (Å²) < 4.78 is 0. The van der Waals surface area contributed by atoms with E-state index < -0.39 is 0 Å². The summed E-state index contributed by atoms with van der Waals surface area (Å²) in [5.41, 5.74) is 0.651. The van der Waals surface area contributed by atoms with Gasteiger partial charge in [-0.15, -0.1) is 0 Å². The SMILES string of the molecule is CC(C)NC(=O)c1cccc(C(=O)N2CCCCCC2)n1. The average molecular weight is 289 g/mol. The predicted molar refractivity (Wildman–Crippen MR) is 81.2 cm³/mol. The molecule has 0 bridgehead atoms. The molecule has 5 nitrogen and oxygen atoms in total. The molecule has 0 saturated carbocycles. The minimum atomic E-state index is -0.240.